The third-order valence-electron chi connectivity index (χ3n) is 2.50. The highest BCUT2D eigenvalue weighted by Gasteiger charge is 2.33. The lowest BCUT2D eigenvalue weighted by Crippen LogP contribution is -2.39. The number of halogens is 4. The molecule has 0 atom stereocenters. The van der Waals surface area contributed by atoms with Gasteiger partial charge >= 0.3 is 6.18 Å². The molecule has 0 saturated carbocycles. The largest absolute Gasteiger partial charge is 0.406 e. The second-order valence-corrected chi connectivity index (χ2v) is 4.33. The number of carbonyl (C=O) groups excluding carboxylic acids is 1. The lowest BCUT2D eigenvalue weighted by Gasteiger charge is -2.23. The summed E-state index contributed by atoms with van der Waals surface area (Å²) in [5, 5.41) is 0. The Morgan fingerprint density at radius 1 is 1.32 bits per heavy atom. The molecule has 1 rings (SSSR count). The smallest absolute Gasteiger partial charge is 0.329 e. The van der Waals surface area contributed by atoms with E-state index in [4.69, 9.17) is 0 Å². The Kier molecular flexibility index (Phi) is 4.91. The van der Waals surface area contributed by atoms with Crippen LogP contribution in [0.3, 0.4) is 0 Å². The van der Waals surface area contributed by atoms with E-state index in [0.717, 1.165) is 6.07 Å². The second kappa shape index (κ2) is 6.04. The third kappa shape index (κ3) is 4.54. The van der Waals surface area contributed by atoms with Gasteiger partial charge in [-0.3, -0.25) is 4.79 Å². The topological polar surface area (TPSA) is 20.3 Å². The first-order valence-corrected chi connectivity index (χ1v) is 5.86. The molecular weight excluding hydrogens is 262 g/mol. The highest BCUT2D eigenvalue weighted by Crippen LogP contribution is 2.20. The van der Waals surface area contributed by atoms with E-state index in [1.807, 2.05) is 0 Å². The van der Waals surface area contributed by atoms with Gasteiger partial charge in [0.2, 0.25) is 0 Å². The van der Waals surface area contributed by atoms with Crippen molar-refractivity contribution in [3.05, 3.63) is 35.1 Å². The molecule has 0 saturated heterocycles. The zero-order valence-electron chi connectivity index (χ0n) is 10.7. The first-order chi connectivity index (χ1) is 8.74. The molecule has 0 aliphatic carbocycles. The maximum atomic E-state index is 13.5. The molecule has 0 radical (unpaired) electrons. The molecule has 0 bridgehead atoms. The molecule has 106 valence electrons. The van der Waals surface area contributed by atoms with E-state index in [1.165, 1.54) is 12.1 Å². The van der Waals surface area contributed by atoms with Crippen molar-refractivity contribution < 1.29 is 22.4 Å². The molecule has 2 nitrogen and oxygen atoms in total. The second-order valence-electron chi connectivity index (χ2n) is 4.33. The van der Waals surface area contributed by atoms with Crippen LogP contribution in [0.5, 0.6) is 0 Å². The lowest BCUT2D eigenvalue weighted by molar-refractivity contribution is -0.140. The van der Waals surface area contributed by atoms with Gasteiger partial charge in [-0.15, -0.1) is 0 Å². The van der Waals surface area contributed by atoms with Gasteiger partial charge < -0.3 is 4.90 Å². The third-order valence-corrected chi connectivity index (χ3v) is 2.50. The summed E-state index contributed by atoms with van der Waals surface area (Å²) in [5.74, 6) is -1.74. The minimum absolute atomic E-state index is 0.0638. The molecule has 0 N–H and O–H groups in total. The van der Waals surface area contributed by atoms with Crippen molar-refractivity contribution in [2.24, 2.45) is 0 Å². The lowest BCUT2D eigenvalue weighted by atomic mass is 10.1. The number of aryl methyl sites for hydroxylation is 1. The van der Waals surface area contributed by atoms with E-state index < -0.39 is 24.4 Å². The van der Waals surface area contributed by atoms with Crippen LogP contribution in [-0.4, -0.2) is 30.1 Å². The monoisotopic (exact) mass is 277 g/mol. The fourth-order valence-corrected chi connectivity index (χ4v) is 1.71. The molecule has 1 amide bonds. The number of nitrogens with zero attached hydrogens (tertiary/aromatic N) is 1. The van der Waals surface area contributed by atoms with E-state index in [9.17, 15) is 22.4 Å². The minimum Gasteiger partial charge on any atom is -0.329 e. The maximum Gasteiger partial charge on any atom is 0.406 e. The Morgan fingerprint density at radius 2 is 1.95 bits per heavy atom. The number of hydrogen-bond acceptors (Lipinski definition) is 1. The van der Waals surface area contributed by atoms with Crippen LogP contribution in [0, 0.1) is 12.7 Å². The van der Waals surface area contributed by atoms with Crippen LogP contribution in [0.1, 0.15) is 29.3 Å². The number of amides is 1. The summed E-state index contributed by atoms with van der Waals surface area (Å²) < 4.78 is 50.7. The van der Waals surface area contributed by atoms with Crippen molar-refractivity contribution in [1.82, 2.24) is 4.90 Å². The summed E-state index contributed by atoms with van der Waals surface area (Å²) in [6.07, 6.45) is -4.12. The summed E-state index contributed by atoms with van der Waals surface area (Å²) in [4.78, 5) is 12.6. The van der Waals surface area contributed by atoms with E-state index in [0.29, 0.717) is 16.9 Å². The normalized spacial score (nSPS) is 11.5. The Morgan fingerprint density at radius 3 is 2.47 bits per heavy atom. The Bertz CT molecular complexity index is 456. The SMILES string of the molecule is CCCN(CC(F)(F)F)C(=O)c1cc(C)ccc1F. The summed E-state index contributed by atoms with van der Waals surface area (Å²) in [6.45, 7) is 1.87. The van der Waals surface area contributed by atoms with Crippen molar-refractivity contribution in [3.8, 4) is 0 Å². The first-order valence-electron chi connectivity index (χ1n) is 5.86. The number of hydrogen-bond donors (Lipinski definition) is 0. The molecule has 0 heterocycles. The van der Waals surface area contributed by atoms with Gasteiger partial charge in [-0.25, -0.2) is 4.39 Å². The highest BCUT2D eigenvalue weighted by atomic mass is 19.4. The molecule has 0 aliphatic heterocycles. The molecule has 0 spiro atoms. The molecule has 1 aromatic rings. The molecule has 0 aliphatic rings. The van der Waals surface area contributed by atoms with Crippen LogP contribution in [0.25, 0.3) is 0 Å². The molecular formula is C13H15F4NO. The molecule has 0 aromatic heterocycles. The molecule has 19 heavy (non-hydrogen) atoms. The summed E-state index contributed by atoms with van der Waals surface area (Å²) in [5.41, 5.74) is 0.297. The molecule has 6 heteroatoms. The number of carbonyl (C=O) groups is 1. The Balaban J connectivity index is 3.02. The predicted molar refractivity (Wildman–Crippen MR) is 63.4 cm³/mol. The molecule has 1 aromatic carbocycles. The van der Waals surface area contributed by atoms with Gasteiger partial charge in [-0.2, -0.15) is 13.2 Å². The fourth-order valence-electron chi connectivity index (χ4n) is 1.71. The molecule has 0 unspecified atom stereocenters. The molecule has 0 fully saturated rings. The van der Waals surface area contributed by atoms with E-state index in [2.05, 4.69) is 0 Å². The van der Waals surface area contributed by atoms with Crippen LogP contribution >= 0.6 is 0 Å². The van der Waals surface area contributed by atoms with Gasteiger partial charge in [0, 0.05) is 6.54 Å². The van der Waals surface area contributed by atoms with E-state index in [-0.39, 0.29) is 12.1 Å². The fraction of sp³-hybridized carbons (Fsp3) is 0.462. The number of benzene rings is 1. The highest BCUT2D eigenvalue weighted by molar-refractivity contribution is 5.94. The standard InChI is InChI=1S/C13H15F4NO/c1-3-6-18(8-13(15,16)17)12(19)10-7-9(2)4-5-11(10)14/h4-5,7H,3,6,8H2,1-2H3. The Labute approximate surface area is 109 Å². The first kappa shape index (κ1) is 15.5. The van der Waals surface area contributed by atoms with Crippen molar-refractivity contribution in [2.75, 3.05) is 13.1 Å². The van der Waals surface area contributed by atoms with Gasteiger partial charge in [0.1, 0.15) is 12.4 Å². The summed E-state index contributed by atoms with van der Waals surface area (Å²) in [7, 11) is 0. The quantitative estimate of drug-likeness (QED) is 0.771. The summed E-state index contributed by atoms with van der Waals surface area (Å²) >= 11 is 0. The van der Waals surface area contributed by atoms with Crippen LogP contribution in [0.15, 0.2) is 18.2 Å². The average molecular weight is 277 g/mol. The maximum absolute atomic E-state index is 13.5. The average Bonchev–Trinajstić information content (AvgIpc) is 2.29. The van der Waals surface area contributed by atoms with Gasteiger partial charge in [-0.1, -0.05) is 18.6 Å². The van der Waals surface area contributed by atoms with E-state index in [1.54, 1.807) is 13.8 Å². The van der Waals surface area contributed by atoms with Crippen LogP contribution in [0.2, 0.25) is 0 Å². The number of alkyl halides is 3. The van der Waals surface area contributed by atoms with Crippen molar-refractivity contribution in [2.45, 2.75) is 26.4 Å². The van der Waals surface area contributed by atoms with Crippen molar-refractivity contribution in [1.29, 1.82) is 0 Å². The van der Waals surface area contributed by atoms with Crippen molar-refractivity contribution >= 4 is 5.91 Å². The van der Waals surface area contributed by atoms with Crippen LogP contribution in [-0.2, 0) is 0 Å². The Hall–Kier alpha value is -1.59. The van der Waals surface area contributed by atoms with Crippen LogP contribution in [0.4, 0.5) is 17.6 Å². The van der Waals surface area contributed by atoms with Crippen LogP contribution < -0.4 is 0 Å². The minimum atomic E-state index is -4.49. The van der Waals surface area contributed by atoms with E-state index >= 15 is 0 Å². The van der Waals surface area contributed by atoms with Gasteiger partial charge in [-0.05, 0) is 25.5 Å². The summed E-state index contributed by atoms with van der Waals surface area (Å²) in [6, 6.07) is 3.80. The zero-order chi connectivity index (χ0) is 14.6. The van der Waals surface area contributed by atoms with Gasteiger partial charge in [0.15, 0.2) is 0 Å². The zero-order valence-corrected chi connectivity index (χ0v) is 10.7. The number of rotatable bonds is 4. The van der Waals surface area contributed by atoms with Gasteiger partial charge in [0.25, 0.3) is 5.91 Å². The van der Waals surface area contributed by atoms with Gasteiger partial charge in [0.05, 0.1) is 5.56 Å². The van der Waals surface area contributed by atoms with Crippen molar-refractivity contribution in [3.63, 3.8) is 0 Å². The predicted octanol–water partition coefficient (Wildman–Crippen LogP) is 3.55.